The Bertz CT molecular complexity index is 639. The van der Waals surface area contributed by atoms with Gasteiger partial charge in [0.1, 0.15) is 16.5 Å². The first-order valence-corrected chi connectivity index (χ1v) is 8.35. The fourth-order valence-corrected chi connectivity index (χ4v) is 3.17. The Morgan fingerprint density at radius 3 is 2.61 bits per heavy atom. The van der Waals surface area contributed by atoms with E-state index in [1.807, 2.05) is 24.3 Å². The second kappa shape index (κ2) is 8.29. The zero-order chi connectivity index (χ0) is 15.4. The number of carbonyl (C=O) groups is 1. The molecule has 0 radical (unpaired) electrons. The lowest BCUT2D eigenvalue weighted by atomic mass is 10.2. The Morgan fingerprint density at radius 2 is 2.00 bits per heavy atom. The van der Waals surface area contributed by atoms with E-state index in [-0.39, 0.29) is 18.3 Å². The summed E-state index contributed by atoms with van der Waals surface area (Å²) in [5, 5.41) is 5.30. The maximum atomic E-state index is 12.1. The highest BCUT2D eigenvalue weighted by Gasteiger charge is 2.16. The number of halogens is 1. The van der Waals surface area contributed by atoms with Crippen LogP contribution in [0.15, 0.2) is 29.6 Å². The van der Waals surface area contributed by atoms with Crippen LogP contribution in [0.1, 0.15) is 41.2 Å². The summed E-state index contributed by atoms with van der Waals surface area (Å²) in [7, 11) is 0. The second-order valence-corrected chi connectivity index (χ2v) is 6.28. The van der Waals surface area contributed by atoms with Crippen molar-refractivity contribution in [3.63, 3.8) is 0 Å². The predicted octanol–water partition coefficient (Wildman–Crippen LogP) is 3.60. The Hall–Kier alpha value is -1.63. The summed E-state index contributed by atoms with van der Waals surface area (Å²) in [4.78, 5) is 16.2. The number of aromatic nitrogens is 1. The van der Waals surface area contributed by atoms with Gasteiger partial charge in [0.15, 0.2) is 0 Å². The molecule has 1 fully saturated rings. The van der Waals surface area contributed by atoms with Crippen LogP contribution in [0.25, 0.3) is 0 Å². The summed E-state index contributed by atoms with van der Waals surface area (Å²) < 4.78 is 5.90. The average molecular weight is 354 g/mol. The number of nitrogens with zero attached hydrogens (tertiary/aromatic N) is 1. The average Bonchev–Trinajstić information content (AvgIpc) is 3.20. The first-order chi connectivity index (χ1) is 10.7. The van der Waals surface area contributed by atoms with E-state index in [1.165, 1.54) is 24.2 Å². The van der Waals surface area contributed by atoms with E-state index in [9.17, 15) is 4.79 Å². The summed E-state index contributed by atoms with van der Waals surface area (Å²) in [6.45, 7) is 0.352. The molecule has 23 heavy (non-hydrogen) atoms. The molecule has 2 aromatic rings. The quantitative estimate of drug-likeness (QED) is 0.861. The Labute approximate surface area is 145 Å². The number of nitrogens with two attached hydrogens (primary N) is 1. The van der Waals surface area contributed by atoms with Gasteiger partial charge in [-0.25, -0.2) is 4.98 Å². The third-order valence-electron chi connectivity index (χ3n) is 3.68. The third-order valence-corrected chi connectivity index (χ3v) is 4.55. The van der Waals surface area contributed by atoms with Crippen LogP contribution in [-0.2, 0) is 6.54 Å². The van der Waals surface area contributed by atoms with E-state index in [1.54, 1.807) is 5.38 Å². The molecule has 3 N–H and O–H groups in total. The Kier molecular flexibility index (Phi) is 6.38. The monoisotopic (exact) mass is 353 g/mol. The molecule has 0 aliphatic heterocycles. The van der Waals surface area contributed by atoms with Gasteiger partial charge in [0.25, 0.3) is 5.91 Å². The van der Waals surface area contributed by atoms with Gasteiger partial charge in [-0.2, -0.15) is 0 Å². The van der Waals surface area contributed by atoms with E-state index in [4.69, 9.17) is 10.5 Å². The molecule has 7 heteroatoms. The van der Waals surface area contributed by atoms with Gasteiger partial charge in [-0.05, 0) is 49.9 Å². The SMILES string of the molecule is Cl.NCc1nc(C(=O)Nc2ccc(OC3CCCC3)cc2)cs1. The molecule has 0 unspecified atom stereocenters. The van der Waals surface area contributed by atoms with Crippen molar-refractivity contribution in [3.05, 3.63) is 40.3 Å². The molecule has 5 nitrogen and oxygen atoms in total. The van der Waals surface area contributed by atoms with Gasteiger partial charge in [0.2, 0.25) is 0 Å². The number of nitrogens with one attached hydrogen (secondary N) is 1. The maximum absolute atomic E-state index is 12.1. The minimum Gasteiger partial charge on any atom is -0.490 e. The summed E-state index contributed by atoms with van der Waals surface area (Å²) in [6.07, 6.45) is 5.09. The zero-order valence-electron chi connectivity index (χ0n) is 12.7. The Balaban J connectivity index is 0.00000192. The van der Waals surface area contributed by atoms with Crippen LogP contribution >= 0.6 is 23.7 Å². The van der Waals surface area contributed by atoms with E-state index < -0.39 is 0 Å². The molecule has 0 bridgehead atoms. The van der Waals surface area contributed by atoms with Gasteiger partial charge in [0, 0.05) is 17.6 Å². The molecular weight excluding hydrogens is 334 g/mol. The molecule has 0 atom stereocenters. The number of carbonyl (C=O) groups excluding carboxylic acids is 1. The minimum absolute atomic E-state index is 0. The number of ether oxygens (including phenoxy) is 1. The van der Waals surface area contributed by atoms with Gasteiger partial charge >= 0.3 is 0 Å². The molecule has 1 heterocycles. The van der Waals surface area contributed by atoms with Crippen LogP contribution < -0.4 is 15.8 Å². The number of benzene rings is 1. The standard InChI is InChI=1S/C16H19N3O2S.ClH/c17-9-15-19-14(10-22-15)16(20)18-11-5-7-13(8-6-11)21-12-3-1-2-4-12;/h5-8,10,12H,1-4,9,17H2,(H,18,20);1H. The van der Waals surface area contributed by atoms with Crippen molar-refractivity contribution < 1.29 is 9.53 Å². The fraction of sp³-hybridized carbons (Fsp3) is 0.375. The minimum atomic E-state index is -0.222. The zero-order valence-corrected chi connectivity index (χ0v) is 14.3. The molecular formula is C16H20ClN3O2S. The Morgan fingerprint density at radius 1 is 1.30 bits per heavy atom. The van der Waals surface area contributed by atoms with Crippen molar-refractivity contribution in [2.75, 3.05) is 5.32 Å². The van der Waals surface area contributed by atoms with Crippen molar-refractivity contribution in [1.82, 2.24) is 4.98 Å². The number of hydrogen-bond donors (Lipinski definition) is 2. The third kappa shape index (κ3) is 4.67. The molecule has 1 saturated carbocycles. The molecule has 1 amide bonds. The normalized spacial score (nSPS) is 14.3. The summed E-state index contributed by atoms with van der Waals surface area (Å²) in [6, 6.07) is 7.47. The smallest absolute Gasteiger partial charge is 0.275 e. The van der Waals surface area contributed by atoms with Crippen LogP contribution in [0.2, 0.25) is 0 Å². The topological polar surface area (TPSA) is 77.2 Å². The van der Waals surface area contributed by atoms with Gasteiger partial charge in [-0.15, -0.1) is 23.7 Å². The highest BCUT2D eigenvalue weighted by molar-refractivity contribution is 7.09. The van der Waals surface area contributed by atoms with Crippen LogP contribution in [0, 0.1) is 0 Å². The van der Waals surface area contributed by atoms with E-state index in [2.05, 4.69) is 10.3 Å². The maximum Gasteiger partial charge on any atom is 0.275 e. The largest absolute Gasteiger partial charge is 0.490 e. The molecule has 1 aliphatic carbocycles. The second-order valence-electron chi connectivity index (χ2n) is 5.33. The van der Waals surface area contributed by atoms with Crippen LogP contribution in [0.3, 0.4) is 0 Å². The van der Waals surface area contributed by atoms with Gasteiger partial charge in [0.05, 0.1) is 6.10 Å². The molecule has 1 aliphatic rings. The van der Waals surface area contributed by atoms with Crippen molar-refractivity contribution in [3.8, 4) is 5.75 Å². The summed E-state index contributed by atoms with van der Waals surface area (Å²) in [5.74, 6) is 0.629. The molecule has 0 spiro atoms. The first kappa shape index (κ1) is 17.7. The molecule has 3 rings (SSSR count). The van der Waals surface area contributed by atoms with Gasteiger partial charge in [-0.1, -0.05) is 0 Å². The van der Waals surface area contributed by atoms with Crippen molar-refractivity contribution in [2.24, 2.45) is 5.73 Å². The van der Waals surface area contributed by atoms with E-state index in [0.717, 1.165) is 29.3 Å². The van der Waals surface area contributed by atoms with E-state index in [0.29, 0.717) is 18.3 Å². The lowest BCUT2D eigenvalue weighted by Gasteiger charge is -2.13. The van der Waals surface area contributed by atoms with Gasteiger partial charge in [-0.3, -0.25) is 4.79 Å². The van der Waals surface area contributed by atoms with Crippen molar-refractivity contribution in [2.45, 2.75) is 38.3 Å². The van der Waals surface area contributed by atoms with Crippen molar-refractivity contribution >= 4 is 35.3 Å². The van der Waals surface area contributed by atoms with Crippen LogP contribution in [-0.4, -0.2) is 17.0 Å². The highest BCUT2D eigenvalue weighted by atomic mass is 35.5. The molecule has 124 valence electrons. The molecule has 1 aromatic carbocycles. The van der Waals surface area contributed by atoms with Crippen LogP contribution in [0.4, 0.5) is 5.69 Å². The summed E-state index contributed by atoms with van der Waals surface area (Å²) >= 11 is 1.39. The molecule has 0 saturated heterocycles. The van der Waals surface area contributed by atoms with E-state index >= 15 is 0 Å². The summed E-state index contributed by atoms with van der Waals surface area (Å²) in [5.41, 5.74) is 6.63. The highest BCUT2D eigenvalue weighted by Crippen LogP contribution is 2.25. The number of rotatable bonds is 5. The fourth-order valence-electron chi connectivity index (χ4n) is 2.52. The number of anilines is 1. The number of hydrogen-bond acceptors (Lipinski definition) is 5. The van der Waals surface area contributed by atoms with Crippen LogP contribution in [0.5, 0.6) is 5.75 Å². The predicted molar refractivity (Wildman–Crippen MR) is 94.5 cm³/mol. The lowest BCUT2D eigenvalue weighted by molar-refractivity contribution is 0.102. The molecule has 1 aromatic heterocycles. The number of thiazole rings is 1. The number of amides is 1. The van der Waals surface area contributed by atoms with Crippen molar-refractivity contribution in [1.29, 1.82) is 0 Å². The first-order valence-electron chi connectivity index (χ1n) is 7.47. The lowest BCUT2D eigenvalue weighted by Crippen LogP contribution is -2.13. The van der Waals surface area contributed by atoms with Gasteiger partial charge < -0.3 is 15.8 Å².